The molecule has 0 fully saturated rings. The van der Waals surface area contributed by atoms with Crippen molar-refractivity contribution in [3.8, 4) is 11.4 Å². The first-order valence-electron chi connectivity index (χ1n) is 6.75. The van der Waals surface area contributed by atoms with Crippen molar-refractivity contribution in [2.24, 2.45) is 14.1 Å². The molecule has 0 saturated heterocycles. The summed E-state index contributed by atoms with van der Waals surface area (Å²) in [6, 6.07) is 8.09. The van der Waals surface area contributed by atoms with Crippen LogP contribution in [0.5, 0.6) is 0 Å². The molecule has 0 aliphatic carbocycles. The van der Waals surface area contributed by atoms with Gasteiger partial charge in [0.05, 0.1) is 22.3 Å². The van der Waals surface area contributed by atoms with Gasteiger partial charge in [-0.15, -0.1) is 0 Å². The summed E-state index contributed by atoms with van der Waals surface area (Å²) in [7, 11) is 3.88. The number of rotatable bonds is 2. The smallest absolute Gasteiger partial charge is 0.146 e. The molecule has 0 saturated carbocycles. The highest BCUT2D eigenvalue weighted by molar-refractivity contribution is 5.83. The predicted octanol–water partition coefficient (Wildman–Crippen LogP) is 2.68. The number of fused-ring (bicyclic) bond motifs is 1. The molecule has 0 unspecified atom stereocenters. The summed E-state index contributed by atoms with van der Waals surface area (Å²) in [5.41, 5.74) is 10.2. The summed E-state index contributed by atoms with van der Waals surface area (Å²) in [6.45, 7) is 4.24. The molecule has 20 heavy (non-hydrogen) atoms. The number of aryl methyl sites for hydroxylation is 2. The van der Waals surface area contributed by atoms with Crippen LogP contribution in [0.1, 0.15) is 25.5 Å². The number of para-hydroxylation sites is 2. The number of aromatic nitrogens is 4. The lowest BCUT2D eigenvalue weighted by atomic mass is 10.1. The Morgan fingerprint density at radius 1 is 1.15 bits per heavy atom. The summed E-state index contributed by atoms with van der Waals surface area (Å²) in [5.74, 6) is 1.83. The van der Waals surface area contributed by atoms with Gasteiger partial charge >= 0.3 is 0 Å². The largest absolute Gasteiger partial charge is 0.383 e. The Balaban J connectivity index is 2.33. The maximum Gasteiger partial charge on any atom is 0.146 e. The zero-order chi connectivity index (χ0) is 14.4. The van der Waals surface area contributed by atoms with E-state index in [0.717, 1.165) is 28.1 Å². The fourth-order valence-electron chi connectivity index (χ4n) is 2.56. The number of imidazole rings is 1. The standard InChI is InChI=1S/C15H19N5/c1-9(2)13-12(14(16)20(4)18-13)15-17-10-7-5-6-8-11(10)19(15)3/h5-9H,16H2,1-4H3. The normalized spacial score (nSPS) is 11.7. The van der Waals surface area contributed by atoms with Crippen LogP contribution in [0, 0.1) is 0 Å². The Kier molecular flexibility index (Phi) is 2.78. The molecule has 0 amide bonds. The molecule has 104 valence electrons. The first kappa shape index (κ1) is 12.7. The van der Waals surface area contributed by atoms with E-state index in [9.17, 15) is 0 Å². The van der Waals surface area contributed by atoms with Crippen LogP contribution in [0.15, 0.2) is 24.3 Å². The van der Waals surface area contributed by atoms with Crippen molar-refractivity contribution in [3.63, 3.8) is 0 Å². The van der Waals surface area contributed by atoms with E-state index < -0.39 is 0 Å². The van der Waals surface area contributed by atoms with Crippen LogP contribution in [0.4, 0.5) is 5.82 Å². The van der Waals surface area contributed by atoms with Crippen LogP contribution in [-0.4, -0.2) is 19.3 Å². The molecule has 0 atom stereocenters. The van der Waals surface area contributed by atoms with Crippen molar-refractivity contribution in [1.82, 2.24) is 19.3 Å². The Bertz CT molecular complexity index is 779. The summed E-state index contributed by atoms with van der Waals surface area (Å²) in [4.78, 5) is 4.73. The van der Waals surface area contributed by atoms with Gasteiger partial charge in [0.1, 0.15) is 11.6 Å². The Labute approximate surface area is 118 Å². The van der Waals surface area contributed by atoms with Gasteiger partial charge in [-0.2, -0.15) is 5.10 Å². The molecular weight excluding hydrogens is 250 g/mol. The summed E-state index contributed by atoms with van der Waals surface area (Å²) in [6.07, 6.45) is 0. The zero-order valence-electron chi connectivity index (χ0n) is 12.3. The topological polar surface area (TPSA) is 61.7 Å². The Morgan fingerprint density at radius 2 is 1.85 bits per heavy atom. The minimum atomic E-state index is 0.299. The first-order chi connectivity index (χ1) is 9.50. The number of anilines is 1. The van der Waals surface area contributed by atoms with Crippen molar-refractivity contribution in [2.45, 2.75) is 19.8 Å². The average Bonchev–Trinajstić information content (AvgIpc) is 2.90. The zero-order valence-corrected chi connectivity index (χ0v) is 12.3. The Morgan fingerprint density at radius 3 is 2.50 bits per heavy atom. The van der Waals surface area contributed by atoms with Crippen LogP contribution < -0.4 is 5.73 Å². The summed E-state index contributed by atoms with van der Waals surface area (Å²) >= 11 is 0. The van der Waals surface area contributed by atoms with E-state index >= 15 is 0 Å². The number of nitrogens with two attached hydrogens (primary N) is 1. The number of nitrogens with zero attached hydrogens (tertiary/aromatic N) is 4. The monoisotopic (exact) mass is 269 g/mol. The van der Waals surface area contributed by atoms with Crippen LogP contribution in [0.2, 0.25) is 0 Å². The van der Waals surface area contributed by atoms with E-state index in [4.69, 9.17) is 10.7 Å². The second-order valence-corrected chi connectivity index (χ2v) is 5.41. The van der Waals surface area contributed by atoms with Gasteiger partial charge in [-0.1, -0.05) is 26.0 Å². The van der Waals surface area contributed by atoms with E-state index in [1.807, 2.05) is 32.3 Å². The molecule has 0 aliphatic heterocycles. The molecule has 0 aliphatic rings. The molecule has 0 radical (unpaired) electrons. The highest BCUT2D eigenvalue weighted by Crippen LogP contribution is 2.34. The molecule has 2 aromatic heterocycles. The molecular formula is C15H19N5. The fraction of sp³-hybridized carbons (Fsp3) is 0.333. The highest BCUT2D eigenvalue weighted by atomic mass is 15.3. The third kappa shape index (κ3) is 1.70. The maximum absolute atomic E-state index is 6.21. The van der Waals surface area contributed by atoms with Gasteiger partial charge in [-0.05, 0) is 18.1 Å². The molecule has 1 aromatic carbocycles. The average molecular weight is 269 g/mol. The SMILES string of the molecule is CC(C)c1nn(C)c(N)c1-c1nc2ccccc2n1C. The third-order valence-electron chi connectivity index (χ3n) is 3.68. The van der Waals surface area contributed by atoms with E-state index in [0.29, 0.717) is 11.7 Å². The van der Waals surface area contributed by atoms with Gasteiger partial charge < -0.3 is 10.3 Å². The highest BCUT2D eigenvalue weighted by Gasteiger charge is 2.22. The Hall–Kier alpha value is -2.30. The van der Waals surface area contributed by atoms with Gasteiger partial charge in [0, 0.05) is 14.1 Å². The molecule has 2 N–H and O–H groups in total. The quantitative estimate of drug-likeness (QED) is 0.778. The molecule has 5 nitrogen and oxygen atoms in total. The van der Waals surface area contributed by atoms with Crippen molar-refractivity contribution < 1.29 is 0 Å². The lowest BCUT2D eigenvalue weighted by Crippen LogP contribution is -2.00. The molecule has 0 spiro atoms. The van der Waals surface area contributed by atoms with Crippen LogP contribution in [-0.2, 0) is 14.1 Å². The molecule has 3 rings (SSSR count). The summed E-state index contributed by atoms with van der Waals surface area (Å²) in [5, 5.41) is 4.54. The molecule has 5 heteroatoms. The second kappa shape index (κ2) is 4.37. The van der Waals surface area contributed by atoms with Crippen LogP contribution in [0.3, 0.4) is 0 Å². The van der Waals surface area contributed by atoms with E-state index in [2.05, 4.69) is 29.6 Å². The molecule has 0 bridgehead atoms. The van der Waals surface area contributed by atoms with Gasteiger partial charge in [-0.3, -0.25) is 4.68 Å². The van der Waals surface area contributed by atoms with E-state index in [1.54, 1.807) is 4.68 Å². The van der Waals surface area contributed by atoms with E-state index in [-0.39, 0.29) is 0 Å². The summed E-state index contributed by atoms with van der Waals surface area (Å²) < 4.78 is 3.80. The lowest BCUT2D eigenvalue weighted by Gasteiger charge is -2.06. The number of hydrogen-bond acceptors (Lipinski definition) is 3. The maximum atomic E-state index is 6.21. The predicted molar refractivity (Wildman–Crippen MR) is 81.4 cm³/mol. The minimum absolute atomic E-state index is 0.299. The lowest BCUT2D eigenvalue weighted by molar-refractivity contribution is 0.719. The van der Waals surface area contributed by atoms with Gasteiger partial charge in [0.2, 0.25) is 0 Å². The third-order valence-corrected chi connectivity index (χ3v) is 3.68. The number of benzene rings is 1. The van der Waals surface area contributed by atoms with Gasteiger partial charge in [0.25, 0.3) is 0 Å². The van der Waals surface area contributed by atoms with Gasteiger partial charge in [0.15, 0.2) is 0 Å². The number of nitrogen functional groups attached to an aromatic ring is 1. The first-order valence-corrected chi connectivity index (χ1v) is 6.75. The van der Waals surface area contributed by atoms with Crippen molar-refractivity contribution in [2.75, 3.05) is 5.73 Å². The molecule has 2 heterocycles. The van der Waals surface area contributed by atoms with Gasteiger partial charge in [-0.25, -0.2) is 4.98 Å². The fourth-order valence-corrected chi connectivity index (χ4v) is 2.56. The van der Waals surface area contributed by atoms with E-state index in [1.165, 1.54) is 0 Å². The van der Waals surface area contributed by atoms with Crippen molar-refractivity contribution in [1.29, 1.82) is 0 Å². The van der Waals surface area contributed by atoms with Crippen LogP contribution in [0.25, 0.3) is 22.4 Å². The van der Waals surface area contributed by atoms with Crippen LogP contribution >= 0.6 is 0 Å². The van der Waals surface area contributed by atoms with Crippen molar-refractivity contribution in [3.05, 3.63) is 30.0 Å². The second-order valence-electron chi connectivity index (χ2n) is 5.41. The van der Waals surface area contributed by atoms with Crippen molar-refractivity contribution >= 4 is 16.9 Å². The molecule has 3 aromatic rings. The number of hydrogen-bond donors (Lipinski definition) is 1. The minimum Gasteiger partial charge on any atom is -0.383 e.